The van der Waals surface area contributed by atoms with Gasteiger partial charge in [-0.25, -0.2) is 15.0 Å². The molecule has 0 saturated carbocycles. The number of thiazole rings is 1. The summed E-state index contributed by atoms with van der Waals surface area (Å²) in [4.78, 5) is 12.9. The smallest absolute Gasteiger partial charge is 0.155 e. The van der Waals surface area contributed by atoms with Crippen LogP contribution < -0.4 is 11.1 Å². The summed E-state index contributed by atoms with van der Waals surface area (Å²) in [5, 5.41) is 6.17. The lowest BCUT2D eigenvalue weighted by Gasteiger charge is -2.25. The highest BCUT2D eigenvalue weighted by molar-refractivity contribution is 7.80. The highest BCUT2D eigenvalue weighted by Gasteiger charge is 2.25. The molecule has 0 unspecified atom stereocenters. The molecule has 18 heavy (non-hydrogen) atoms. The summed E-state index contributed by atoms with van der Waals surface area (Å²) in [6.07, 6.45) is 4.94. The Labute approximate surface area is 114 Å². The summed E-state index contributed by atoms with van der Waals surface area (Å²) < 4.78 is 0. The van der Waals surface area contributed by atoms with Gasteiger partial charge in [0.25, 0.3) is 0 Å². The Bertz CT molecular complexity index is 550. The zero-order valence-corrected chi connectivity index (χ0v) is 11.7. The number of thiocarbonyl (C=S) groups is 1. The van der Waals surface area contributed by atoms with Gasteiger partial charge in [0.15, 0.2) is 5.82 Å². The van der Waals surface area contributed by atoms with Crippen molar-refractivity contribution in [1.29, 1.82) is 0 Å². The molecule has 0 aliphatic heterocycles. The van der Waals surface area contributed by atoms with Crippen molar-refractivity contribution in [2.24, 2.45) is 5.73 Å². The molecule has 0 spiro atoms. The van der Waals surface area contributed by atoms with E-state index < -0.39 is 0 Å². The Morgan fingerprint density at radius 3 is 2.61 bits per heavy atom. The van der Waals surface area contributed by atoms with Crippen LogP contribution in [0.3, 0.4) is 0 Å². The summed E-state index contributed by atoms with van der Waals surface area (Å²) in [5.74, 6) is 0.574. The molecule has 94 valence electrons. The van der Waals surface area contributed by atoms with E-state index in [1.807, 2.05) is 19.2 Å². The van der Waals surface area contributed by atoms with Gasteiger partial charge in [-0.05, 0) is 13.8 Å². The molecule has 0 atom stereocenters. The topological polar surface area (TPSA) is 76.7 Å². The molecule has 2 aromatic rings. The summed E-state index contributed by atoms with van der Waals surface area (Å²) in [5.41, 5.74) is 5.77. The molecule has 0 amide bonds. The number of nitrogens with two attached hydrogens (primary N) is 1. The van der Waals surface area contributed by atoms with Crippen LogP contribution in [-0.4, -0.2) is 19.9 Å². The molecule has 0 radical (unpaired) electrons. The molecule has 0 saturated heterocycles. The van der Waals surface area contributed by atoms with E-state index in [0.29, 0.717) is 11.5 Å². The monoisotopic (exact) mass is 279 g/mol. The third-order valence-corrected chi connectivity index (χ3v) is 3.62. The number of rotatable bonds is 4. The van der Waals surface area contributed by atoms with Crippen molar-refractivity contribution in [2.75, 3.05) is 5.32 Å². The van der Waals surface area contributed by atoms with Gasteiger partial charge in [-0.15, -0.1) is 11.3 Å². The zero-order valence-electron chi connectivity index (χ0n) is 10.0. The van der Waals surface area contributed by atoms with Crippen LogP contribution in [0.2, 0.25) is 0 Å². The first-order valence-electron chi connectivity index (χ1n) is 5.29. The van der Waals surface area contributed by atoms with Crippen molar-refractivity contribution in [1.82, 2.24) is 15.0 Å². The van der Waals surface area contributed by atoms with Gasteiger partial charge in [-0.2, -0.15) is 0 Å². The molecule has 2 heterocycles. The Kier molecular flexibility index (Phi) is 3.53. The fraction of sp³-hybridized carbons (Fsp3) is 0.273. The largest absolute Gasteiger partial charge is 0.388 e. The number of aromatic nitrogens is 3. The third kappa shape index (κ3) is 2.62. The van der Waals surface area contributed by atoms with Crippen molar-refractivity contribution in [3.05, 3.63) is 34.7 Å². The molecule has 0 fully saturated rings. The molecule has 3 N–H and O–H groups in total. The van der Waals surface area contributed by atoms with Crippen LogP contribution >= 0.6 is 23.6 Å². The summed E-state index contributed by atoms with van der Waals surface area (Å²) in [6, 6.07) is 0. The molecule has 0 bridgehead atoms. The van der Waals surface area contributed by atoms with Crippen molar-refractivity contribution in [3.63, 3.8) is 0 Å². The molecule has 2 aromatic heterocycles. The predicted octanol–water partition coefficient (Wildman–Crippen LogP) is 1.91. The van der Waals surface area contributed by atoms with E-state index in [1.54, 1.807) is 29.9 Å². The van der Waals surface area contributed by atoms with Gasteiger partial charge < -0.3 is 11.1 Å². The number of nitrogens with zero attached hydrogens (tertiary/aromatic N) is 3. The highest BCUT2D eigenvalue weighted by Crippen LogP contribution is 2.27. The van der Waals surface area contributed by atoms with E-state index in [2.05, 4.69) is 20.3 Å². The minimum atomic E-state index is -0.357. The van der Waals surface area contributed by atoms with Gasteiger partial charge in [0.2, 0.25) is 0 Å². The van der Waals surface area contributed by atoms with Crippen molar-refractivity contribution < 1.29 is 0 Å². The number of hydrogen-bond donors (Lipinski definition) is 2. The maximum atomic E-state index is 5.63. The van der Waals surface area contributed by atoms with Crippen LogP contribution in [0.25, 0.3) is 0 Å². The third-order valence-electron chi connectivity index (χ3n) is 2.33. The Morgan fingerprint density at radius 1 is 1.28 bits per heavy atom. The molecule has 2 rings (SSSR count). The molecule has 0 aliphatic carbocycles. The zero-order chi connectivity index (χ0) is 13.2. The fourth-order valence-electron chi connectivity index (χ4n) is 1.49. The van der Waals surface area contributed by atoms with Crippen LogP contribution in [-0.2, 0) is 5.54 Å². The molecular formula is C11H13N5S2. The maximum Gasteiger partial charge on any atom is 0.155 e. The number of hydrogen-bond acceptors (Lipinski definition) is 6. The van der Waals surface area contributed by atoms with Crippen LogP contribution in [0.15, 0.2) is 24.0 Å². The standard InChI is InChI=1S/C11H13N5S2/c1-11(2,10-15-5-6-18-10)16-9-7(8(12)17)13-3-4-14-9/h3-6H,1-2H3,(H2,12,17)(H,14,16). The maximum absolute atomic E-state index is 5.63. The molecule has 7 heteroatoms. The number of anilines is 1. The van der Waals surface area contributed by atoms with Gasteiger partial charge in [0, 0.05) is 24.0 Å². The van der Waals surface area contributed by atoms with Crippen LogP contribution in [0.4, 0.5) is 5.82 Å². The number of nitrogens with one attached hydrogen (secondary N) is 1. The van der Waals surface area contributed by atoms with Crippen molar-refractivity contribution >= 4 is 34.4 Å². The minimum Gasteiger partial charge on any atom is -0.388 e. The molecule has 5 nitrogen and oxygen atoms in total. The molecule has 0 aromatic carbocycles. The fourth-order valence-corrected chi connectivity index (χ4v) is 2.36. The lowest BCUT2D eigenvalue weighted by molar-refractivity contribution is 0.600. The van der Waals surface area contributed by atoms with Crippen LogP contribution in [0.5, 0.6) is 0 Å². The Hall–Kier alpha value is -1.60. The van der Waals surface area contributed by atoms with E-state index in [-0.39, 0.29) is 10.5 Å². The van der Waals surface area contributed by atoms with Gasteiger partial charge in [-0.1, -0.05) is 12.2 Å². The van der Waals surface area contributed by atoms with Crippen LogP contribution in [0.1, 0.15) is 24.5 Å². The second-order valence-electron chi connectivity index (χ2n) is 4.21. The molecular weight excluding hydrogens is 266 g/mol. The average molecular weight is 279 g/mol. The SMILES string of the molecule is CC(C)(Nc1nccnc1C(N)=S)c1nccs1. The van der Waals surface area contributed by atoms with Gasteiger partial charge in [-0.3, -0.25) is 0 Å². The van der Waals surface area contributed by atoms with Gasteiger partial charge in [0.05, 0.1) is 5.54 Å². The first-order chi connectivity index (χ1) is 8.50. The second kappa shape index (κ2) is 4.95. The van der Waals surface area contributed by atoms with Gasteiger partial charge >= 0.3 is 0 Å². The summed E-state index contributed by atoms with van der Waals surface area (Å²) >= 11 is 6.54. The highest BCUT2D eigenvalue weighted by atomic mass is 32.1. The summed E-state index contributed by atoms with van der Waals surface area (Å²) in [6.45, 7) is 4.04. The van der Waals surface area contributed by atoms with E-state index in [0.717, 1.165) is 5.01 Å². The first kappa shape index (κ1) is 12.8. The van der Waals surface area contributed by atoms with Crippen molar-refractivity contribution in [2.45, 2.75) is 19.4 Å². The van der Waals surface area contributed by atoms with E-state index in [1.165, 1.54) is 0 Å². The Morgan fingerprint density at radius 2 is 2.00 bits per heavy atom. The predicted molar refractivity (Wildman–Crippen MR) is 76.7 cm³/mol. The normalized spacial score (nSPS) is 11.2. The van der Waals surface area contributed by atoms with Gasteiger partial charge in [0.1, 0.15) is 15.7 Å². The van der Waals surface area contributed by atoms with Crippen LogP contribution in [0, 0.1) is 0 Å². The minimum absolute atomic E-state index is 0.223. The van der Waals surface area contributed by atoms with Crippen molar-refractivity contribution in [3.8, 4) is 0 Å². The lowest BCUT2D eigenvalue weighted by atomic mass is 10.1. The first-order valence-corrected chi connectivity index (χ1v) is 6.58. The molecule has 0 aliphatic rings. The second-order valence-corrected chi connectivity index (χ2v) is 5.54. The van der Waals surface area contributed by atoms with E-state index in [9.17, 15) is 0 Å². The van der Waals surface area contributed by atoms with E-state index >= 15 is 0 Å². The summed E-state index contributed by atoms with van der Waals surface area (Å²) in [7, 11) is 0. The van der Waals surface area contributed by atoms with E-state index in [4.69, 9.17) is 18.0 Å². The Balaban J connectivity index is 2.32. The average Bonchev–Trinajstić information content (AvgIpc) is 2.83. The quantitative estimate of drug-likeness (QED) is 0.833. The lowest BCUT2D eigenvalue weighted by Crippen LogP contribution is -2.30.